The van der Waals surface area contributed by atoms with Gasteiger partial charge in [0.05, 0.1) is 23.4 Å². The van der Waals surface area contributed by atoms with Crippen LogP contribution in [0.5, 0.6) is 0 Å². The number of carboxylic acid groups (broad SMARTS) is 1. The number of nitrogens with zero attached hydrogens (tertiary/aromatic N) is 2. The second kappa shape index (κ2) is 7.82. The number of hydrogen-bond acceptors (Lipinski definition) is 5. The minimum Gasteiger partial charge on any atom is -0.481 e. The standard InChI is InChI=1S/C18H21N3O4S/c1-11(22)16-6-12(10-26-16)7-17(23)21-4-2-13(3-5-21)15-8-14(19-20-15)9-18(24)25/h6,8,10,13H,2-5,7,9H2,1H3,(H,19,20)(H,24,25). The lowest BCUT2D eigenvalue weighted by Gasteiger charge is -2.31. The van der Waals surface area contributed by atoms with Crippen LogP contribution in [0.1, 0.15) is 52.3 Å². The first-order valence-corrected chi connectivity index (χ1v) is 9.42. The highest BCUT2D eigenvalue weighted by Gasteiger charge is 2.25. The fourth-order valence-corrected chi connectivity index (χ4v) is 4.02. The molecular weight excluding hydrogens is 354 g/mol. The number of aromatic nitrogens is 2. The zero-order valence-corrected chi connectivity index (χ0v) is 15.3. The minimum absolute atomic E-state index is 0.0239. The predicted octanol–water partition coefficient (Wildman–Crippen LogP) is 2.25. The average Bonchev–Trinajstić information content (AvgIpc) is 3.24. The molecule has 0 saturated carbocycles. The molecule has 0 unspecified atom stereocenters. The molecule has 1 aliphatic rings. The summed E-state index contributed by atoms with van der Waals surface area (Å²) in [4.78, 5) is 37.1. The lowest BCUT2D eigenvalue weighted by atomic mass is 9.93. The van der Waals surface area contributed by atoms with Crippen molar-refractivity contribution in [2.24, 2.45) is 0 Å². The molecule has 138 valence electrons. The Morgan fingerprint density at radius 1 is 1.27 bits per heavy atom. The summed E-state index contributed by atoms with van der Waals surface area (Å²) in [5.41, 5.74) is 2.36. The topological polar surface area (TPSA) is 103 Å². The molecule has 0 spiro atoms. The van der Waals surface area contributed by atoms with E-state index < -0.39 is 5.97 Å². The van der Waals surface area contributed by atoms with Gasteiger partial charge in [0.15, 0.2) is 5.78 Å². The molecule has 26 heavy (non-hydrogen) atoms. The number of carbonyl (C=O) groups excluding carboxylic acids is 2. The van der Waals surface area contributed by atoms with Crippen LogP contribution in [-0.2, 0) is 22.4 Å². The van der Waals surface area contributed by atoms with E-state index in [-0.39, 0.29) is 24.0 Å². The highest BCUT2D eigenvalue weighted by molar-refractivity contribution is 7.12. The second-order valence-corrected chi connectivity index (χ2v) is 7.51. The molecular formula is C18H21N3O4S. The molecule has 0 atom stereocenters. The molecule has 7 nitrogen and oxygen atoms in total. The molecule has 1 saturated heterocycles. The normalized spacial score (nSPS) is 15.2. The lowest BCUT2D eigenvalue weighted by molar-refractivity contribution is -0.136. The Labute approximate surface area is 155 Å². The average molecular weight is 375 g/mol. The Morgan fingerprint density at radius 2 is 2.00 bits per heavy atom. The molecule has 8 heteroatoms. The van der Waals surface area contributed by atoms with Crippen LogP contribution in [0.3, 0.4) is 0 Å². The summed E-state index contributed by atoms with van der Waals surface area (Å²) < 4.78 is 0. The van der Waals surface area contributed by atoms with Crippen LogP contribution in [0.25, 0.3) is 0 Å². The summed E-state index contributed by atoms with van der Waals surface area (Å²) in [6.07, 6.45) is 1.88. The number of hydrogen-bond donors (Lipinski definition) is 2. The van der Waals surface area contributed by atoms with Crippen LogP contribution in [0.15, 0.2) is 17.5 Å². The second-order valence-electron chi connectivity index (χ2n) is 6.60. The van der Waals surface area contributed by atoms with Gasteiger partial charge in [-0.05, 0) is 42.8 Å². The maximum Gasteiger partial charge on any atom is 0.309 e. The summed E-state index contributed by atoms with van der Waals surface area (Å²) in [7, 11) is 0. The van der Waals surface area contributed by atoms with Crippen LogP contribution in [-0.4, -0.2) is 51.0 Å². The lowest BCUT2D eigenvalue weighted by Crippen LogP contribution is -2.38. The number of carbonyl (C=O) groups is 3. The molecule has 3 heterocycles. The Hall–Kier alpha value is -2.48. The zero-order chi connectivity index (χ0) is 18.7. The predicted molar refractivity (Wildman–Crippen MR) is 96.5 cm³/mol. The van der Waals surface area contributed by atoms with E-state index in [1.54, 1.807) is 6.07 Å². The van der Waals surface area contributed by atoms with Crippen LogP contribution >= 0.6 is 11.3 Å². The van der Waals surface area contributed by atoms with Crippen LogP contribution in [0, 0.1) is 0 Å². The van der Waals surface area contributed by atoms with Gasteiger partial charge in [0.25, 0.3) is 0 Å². The van der Waals surface area contributed by atoms with Crippen molar-refractivity contribution in [3.63, 3.8) is 0 Å². The number of likely N-dealkylation sites (tertiary alicyclic amines) is 1. The van der Waals surface area contributed by atoms with Gasteiger partial charge in [-0.3, -0.25) is 19.5 Å². The van der Waals surface area contributed by atoms with Crippen molar-refractivity contribution in [3.05, 3.63) is 39.3 Å². The first-order valence-electron chi connectivity index (χ1n) is 8.54. The highest BCUT2D eigenvalue weighted by Crippen LogP contribution is 2.27. The van der Waals surface area contributed by atoms with E-state index in [2.05, 4.69) is 10.2 Å². The molecule has 0 aromatic carbocycles. The number of thiophene rings is 1. The number of aromatic amines is 1. The van der Waals surface area contributed by atoms with Gasteiger partial charge >= 0.3 is 5.97 Å². The molecule has 2 N–H and O–H groups in total. The van der Waals surface area contributed by atoms with Gasteiger partial charge in [-0.15, -0.1) is 11.3 Å². The Kier molecular flexibility index (Phi) is 5.51. The monoisotopic (exact) mass is 375 g/mol. The van der Waals surface area contributed by atoms with E-state index >= 15 is 0 Å². The number of rotatable bonds is 6. The Balaban J connectivity index is 1.52. The molecule has 0 radical (unpaired) electrons. The van der Waals surface area contributed by atoms with Gasteiger partial charge in [-0.25, -0.2) is 0 Å². The Bertz CT molecular complexity index is 818. The van der Waals surface area contributed by atoms with Crippen molar-refractivity contribution in [2.45, 2.75) is 38.5 Å². The van der Waals surface area contributed by atoms with Gasteiger partial charge in [-0.2, -0.15) is 5.10 Å². The molecule has 1 amide bonds. The van der Waals surface area contributed by atoms with E-state index in [0.29, 0.717) is 30.1 Å². The maximum atomic E-state index is 12.5. The summed E-state index contributed by atoms with van der Waals surface area (Å²) in [6.45, 7) is 2.85. The SMILES string of the molecule is CC(=O)c1cc(CC(=O)N2CCC(c3cc(CC(=O)O)[nH]n3)CC2)cs1. The fraction of sp³-hybridized carbons (Fsp3) is 0.444. The molecule has 1 aliphatic heterocycles. The van der Waals surface area contributed by atoms with Gasteiger partial charge < -0.3 is 10.0 Å². The van der Waals surface area contributed by atoms with Crippen molar-refractivity contribution < 1.29 is 19.5 Å². The van der Waals surface area contributed by atoms with Gasteiger partial charge in [0, 0.05) is 24.7 Å². The van der Waals surface area contributed by atoms with E-state index in [1.165, 1.54) is 18.3 Å². The zero-order valence-electron chi connectivity index (χ0n) is 14.5. The third-order valence-corrected chi connectivity index (χ3v) is 5.69. The number of amides is 1. The van der Waals surface area contributed by atoms with Crippen molar-refractivity contribution in [3.8, 4) is 0 Å². The van der Waals surface area contributed by atoms with Crippen LogP contribution in [0.2, 0.25) is 0 Å². The third kappa shape index (κ3) is 4.37. The number of H-pyrrole nitrogens is 1. The van der Waals surface area contributed by atoms with Gasteiger partial charge in [0.1, 0.15) is 0 Å². The molecule has 2 aromatic rings. The van der Waals surface area contributed by atoms with Crippen LogP contribution in [0.4, 0.5) is 0 Å². The van der Waals surface area contributed by atoms with Crippen LogP contribution < -0.4 is 0 Å². The van der Waals surface area contributed by atoms with E-state index in [0.717, 1.165) is 24.1 Å². The number of ketones is 1. The third-order valence-electron chi connectivity index (χ3n) is 4.61. The van der Waals surface area contributed by atoms with E-state index in [9.17, 15) is 14.4 Å². The number of aliphatic carboxylic acids is 1. The number of nitrogens with one attached hydrogen (secondary N) is 1. The van der Waals surface area contributed by atoms with Crippen molar-refractivity contribution in [1.82, 2.24) is 15.1 Å². The summed E-state index contributed by atoms with van der Waals surface area (Å²) in [5, 5.41) is 17.7. The highest BCUT2D eigenvalue weighted by atomic mass is 32.1. The largest absolute Gasteiger partial charge is 0.481 e. The number of carboxylic acids is 1. The van der Waals surface area contributed by atoms with E-state index in [1.807, 2.05) is 16.3 Å². The molecule has 3 rings (SSSR count). The summed E-state index contributed by atoms with van der Waals surface area (Å²) in [6, 6.07) is 3.61. The molecule has 0 bridgehead atoms. The van der Waals surface area contributed by atoms with Crippen molar-refractivity contribution in [1.29, 1.82) is 0 Å². The minimum atomic E-state index is -0.887. The first kappa shape index (κ1) is 18.3. The fourth-order valence-electron chi connectivity index (χ4n) is 3.21. The molecule has 2 aromatic heterocycles. The number of piperidine rings is 1. The summed E-state index contributed by atoms with van der Waals surface area (Å²) in [5.74, 6) is -0.550. The van der Waals surface area contributed by atoms with Crippen molar-refractivity contribution in [2.75, 3.05) is 13.1 Å². The molecule has 0 aliphatic carbocycles. The Morgan fingerprint density at radius 3 is 2.62 bits per heavy atom. The first-order chi connectivity index (χ1) is 12.4. The van der Waals surface area contributed by atoms with Crippen molar-refractivity contribution >= 4 is 29.0 Å². The smallest absolute Gasteiger partial charge is 0.309 e. The van der Waals surface area contributed by atoms with Gasteiger partial charge in [0.2, 0.25) is 5.91 Å². The summed E-state index contributed by atoms with van der Waals surface area (Å²) >= 11 is 1.38. The maximum absolute atomic E-state index is 12.5. The van der Waals surface area contributed by atoms with E-state index in [4.69, 9.17) is 5.11 Å². The quantitative estimate of drug-likeness (QED) is 0.754. The number of Topliss-reactive ketones (excluding diaryl/α,β-unsaturated/α-hetero) is 1. The molecule has 1 fully saturated rings. The van der Waals surface area contributed by atoms with Gasteiger partial charge in [-0.1, -0.05) is 0 Å².